The van der Waals surface area contributed by atoms with Gasteiger partial charge >= 0.3 is 0 Å². The van der Waals surface area contributed by atoms with Gasteiger partial charge in [0.15, 0.2) is 0 Å². The fraction of sp³-hybridized carbons (Fsp3) is 0.250. The van der Waals surface area contributed by atoms with Crippen LogP contribution in [0.25, 0.3) is 0 Å². The number of amides is 1. The molecular weight excluding hydrogens is 190 g/mol. The van der Waals surface area contributed by atoms with Gasteiger partial charge in [-0.05, 0) is 5.56 Å². The predicted octanol–water partition coefficient (Wildman–Crippen LogP) is 1.41. The molecular formula is C12H15NO2. The van der Waals surface area contributed by atoms with Crippen LogP contribution in [-0.2, 0) is 4.79 Å². The number of hydrogen-bond acceptors (Lipinski definition) is 2. The van der Waals surface area contributed by atoms with Gasteiger partial charge in [0.25, 0.3) is 0 Å². The molecule has 0 unspecified atom stereocenters. The molecule has 1 aromatic rings. The summed E-state index contributed by atoms with van der Waals surface area (Å²) >= 11 is 0. The second-order valence-corrected chi connectivity index (χ2v) is 3.21. The maximum absolute atomic E-state index is 11.3. The van der Waals surface area contributed by atoms with Crippen LogP contribution in [-0.4, -0.2) is 17.6 Å². The fourth-order valence-electron chi connectivity index (χ4n) is 1.30. The van der Waals surface area contributed by atoms with Crippen molar-refractivity contribution in [3.8, 4) is 0 Å². The number of carbonyl (C=O) groups excluding carboxylic acids is 1. The number of carbonyl (C=O) groups is 1. The Bertz CT molecular complexity index is 322. The minimum atomic E-state index is -0.335. The third kappa shape index (κ3) is 3.56. The number of rotatable bonds is 5. The van der Waals surface area contributed by atoms with Gasteiger partial charge in [-0.15, -0.1) is 6.58 Å². The average molecular weight is 205 g/mol. The molecule has 0 bridgehead atoms. The average Bonchev–Trinajstić information content (AvgIpc) is 2.27. The van der Waals surface area contributed by atoms with Crippen LogP contribution >= 0.6 is 0 Å². The zero-order valence-corrected chi connectivity index (χ0v) is 8.52. The molecule has 0 heterocycles. The second-order valence-electron chi connectivity index (χ2n) is 3.21. The summed E-state index contributed by atoms with van der Waals surface area (Å²) in [5.74, 6) is -0.132. The Balaban J connectivity index is 2.64. The summed E-state index contributed by atoms with van der Waals surface area (Å²) in [6.45, 7) is 3.38. The molecule has 3 nitrogen and oxygen atoms in total. The van der Waals surface area contributed by atoms with Gasteiger partial charge in [0.1, 0.15) is 0 Å². The van der Waals surface area contributed by atoms with Crippen molar-refractivity contribution in [2.45, 2.75) is 12.5 Å². The van der Waals surface area contributed by atoms with E-state index in [-0.39, 0.29) is 25.0 Å². The first-order valence-electron chi connectivity index (χ1n) is 4.84. The summed E-state index contributed by atoms with van der Waals surface area (Å²) in [6, 6.07) is 9.04. The Morgan fingerprint density at radius 3 is 2.67 bits per heavy atom. The summed E-state index contributed by atoms with van der Waals surface area (Å²) in [6.07, 6.45) is 1.80. The van der Waals surface area contributed by atoms with Crippen molar-refractivity contribution in [3.05, 3.63) is 48.6 Å². The number of aliphatic hydroxyl groups excluding tert-OH is 1. The van der Waals surface area contributed by atoms with Crippen molar-refractivity contribution in [1.29, 1.82) is 0 Å². The topological polar surface area (TPSA) is 49.3 Å². The molecule has 0 radical (unpaired) electrons. The molecule has 0 aliphatic carbocycles. The lowest BCUT2D eigenvalue weighted by atomic mass is 10.1. The van der Waals surface area contributed by atoms with Gasteiger partial charge in [0.2, 0.25) is 5.91 Å². The summed E-state index contributed by atoms with van der Waals surface area (Å²) in [7, 11) is 0. The smallest absolute Gasteiger partial charge is 0.224 e. The molecule has 3 heteroatoms. The highest BCUT2D eigenvalue weighted by atomic mass is 16.3. The first-order chi connectivity index (χ1) is 7.27. The van der Waals surface area contributed by atoms with Gasteiger partial charge < -0.3 is 10.4 Å². The summed E-state index contributed by atoms with van der Waals surface area (Å²) in [5.41, 5.74) is 0.900. The molecule has 2 N–H and O–H groups in total. The van der Waals surface area contributed by atoms with Gasteiger partial charge in [-0.1, -0.05) is 36.4 Å². The normalized spacial score (nSPS) is 11.8. The second kappa shape index (κ2) is 5.98. The molecule has 15 heavy (non-hydrogen) atoms. The first kappa shape index (κ1) is 11.5. The Hall–Kier alpha value is -1.61. The van der Waals surface area contributed by atoms with E-state index in [1.165, 1.54) is 6.08 Å². The van der Waals surface area contributed by atoms with Crippen molar-refractivity contribution in [3.63, 3.8) is 0 Å². The summed E-state index contributed by atoms with van der Waals surface area (Å²) < 4.78 is 0. The molecule has 1 amide bonds. The molecule has 0 aliphatic rings. The molecule has 0 aliphatic heterocycles. The van der Waals surface area contributed by atoms with E-state index in [9.17, 15) is 4.79 Å². The van der Waals surface area contributed by atoms with Crippen molar-refractivity contribution in [2.75, 3.05) is 6.61 Å². The van der Waals surface area contributed by atoms with Gasteiger partial charge in [-0.2, -0.15) is 0 Å². The van der Waals surface area contributed by atoms with Crippen LogP contribution in [0.15, 0.2) is 43.0 Å². The Morgan fingerprint density at radius 1 is 1.47 bits per heavy atom. The molecule has 1 atom stereocenters. The summed E-state index contributed by atoms with van der Waals surface area (Å²) in [4.78, 5) is 11.3. The van der Waals surface area contributed by atoms with E-state index in [0.29, 0.717) is 0 Å². The first-order valence-corrected chi connectivity index (χ1v) is 4.84. The zero-order chi connectivity index (χ0) is 11.1. The molecule has 0 aromatic heterocycles. The third-order valence-corrected chi connectivity index (χ3v) is 2.05. The van der Waals surface area contributed by atoms with Crippen LogP contribution in [0, 0.1) is 0 Å². The van der Waals surface area contributed by atoms with E-state index in [4.69, 9.17) is 5.11 Å². The summed E-state index contributed by atoms with van der Waals surface area (Å²) in [5, 5.41) is 11.9. The monoisotopic (exact) mass is 205 g/mol. The van der Waals surface area contributed by atoms with Crippen LogP contribution in [0.3, 0.4) is 0 Å². The maximum Gasteiger partial charge on any atom is 0.224 e. The fourth-order valence-corrected chi connectivity index (χ4v) is 1.30. The number of benzene rings is 1. The van der Waals surface area contributed by atoms with Crippen LogP contribution in [0.4, 0.5) is 0 Å². The third-order valence-electron chi connectivity index (χ3n) is 2.05. The standard InChI is InChI=1S/C12H15NO2/c1-2-6-12(15)13-11(9-14)10-7-4-3-5-8-10/h2-5,7-8,11,14H,1,6,9H2,(H,13,15)/t11-/m1/s1. The molecule has 0 fully saturated rings. The highest BCUT2D eigenvalue weighted by Crippen LogP contribution is 2.11. The van der Waals surface area contributed by atoms with Gasteiger partial charge in [-0.25, -0.2) is 0 Å². The number of hydrogen-bond donors (Lipinski definition) is 2. The van der Waals surface area contributed by atoms with Crippen molar-refractivity contribution in [2.24, 2.45) is 0 Å². The number of nitrogens with one attached hydrogen (secondary N) is 1. The molecule has 1 rings (SSSR count). The SMILES string of the molecule is C=CCC(=O)N[C@H](CO)c1ccccc1. The van der Waals surface area contributed by atoms with Crippen molar-refractivity contribution < 1.29 is 9.90 Å². The van der Waals surface area contributed by atoms with Gasteiger partial charge in [0, 0.05) is 6.42 Å². The molecule has 0 saturated carbocycles. The van der Waals surface area contributed by atoms with Gasteiger partial charge in [-0.3, -0.25) is 4.79 Å². The lowest BCUT2D eigenvalue weighted by Crippen LogP contribution is -2.30. The minimum absolute atomic E-state index is 0.104. The zero-order valence-electron chi connectivity index (χ0n) is 8.52. The molecule has 0 saturated heterocycles. The lowest BCUT2D eigenvalue weighted by molar-refractivity contribution is -0.121. The predicted molar refractivity (Wildman–Crippen MR) is 59.2 cm³/mol. The minimum Gasteiger partial charge on any atom is -0.394 e. The van der Waals surface area contributed by atoms with Crippen LogP contribution in [0.1, 0.15) is 18.0 Å². The Morgan fingerprint density at radius 2 is 2.13 bits per heavy atom. The van der Waals surface area contributed by atoms with Crippen LogP contribution < -0.4 is 5.32 Å². The Labute approximate surface area is 89.4 Å². The highest BCUT2D eigenvalue weighted by Gasteiger charge is 2.11. The highest BCUT2D eigenvalue weighted by molar-refractivity contribution is 5.77. The van der Waals surface area contributed by atoms with E-state index in [1.807, 2.05) is 30.3 Å². The largest absolute Gasteiger partial charge is 0.394 e. The number of aliphatic hydroxyl groups is 1. The van der Waals surface area contributed by atoms with E-state index < -0.39 is 0 Å². The van der Waals surface area contributed by atoms with Crippen molar-refractivity contribution >= 4 is 5.91 Å². The van der Waals surface area contributed by atoms with E-state index in [2.05, 4.69) is 11.9 Å². The Kier molecular flexibility index (Phi) is 4.57. The molecule has 0 spiro atoms. The van der Waals surface area contributed by atoms with Gasteiger partial charge in [0.05, 0.1) is 12.6 Å². The molecule has 80 valence electrons. The van der Waals surface area contributed by atoms with Crippen molar-refractivity contribution in [1.82, 2.24) is 5.32 Å². The van der Waals surface area contributed by atoms with Crippen LogP contribution in [0.5, 0.6) is 0 Å². The quantitative estimate of drug-likeness (QED) is 0.714. The molecule has 1 aromatic carbocycles. The van der Waals surface area contributed by atoms with E-state index in [1.54, 1.807) is 0 Å². The maximum atomic E-state index is 11.3. The van der Waals surface area contributed by atoms with Crippen LogP contribution in [0.2, 0.25) is 0 Å². The van der Waals surface area contributed by atoms with E-state index >= 15 is 0 Å². The lowest BCUT2D eigenvalue weighted by Gasteiger charge is -2.15. The van der Waals surface area contributed by atoms with E-state index in [0.717, 1.165) is 5.56 Å².